The average molecular weight is 413 g/mol. The Morgan fingerprint density at radius 1 is 1.27 bits per heavy atom. The summed E-state index contributed by atoms with van der Waals surface area (Å²) in [4.78, 5) is 27.6. The van der Waals surface area contributed by atoms with Gasteiger partial charge in [0.1, 0.15) is 11.5 Å². The highest BCUT2D eigenvalue weighted by molar-refractivity contribution is 6.15. The van der Waals surface area contributed by atoms with Crippen molar-refractivity contribution >= 4 is 11.7 Å². The van der Waals surface area contributed by atoms with Crippen LogP contribution in [0.1, 0.15) is 35.0 Å². The number of furan rings is 1. The lowest BCUT2D eigenvalue weighted by Gasteiger charge is -2.29. The van der Waals surface area contributed by atoms with Crippen molar-refractivity contribution in [1.82, 2.24) is 4.90 Å². The average Bonchev–Trinajstić information content (AvgIpc) is 3.52. The number of methoxy groups -OCH3 is 2. The number of aliphatic hydroxyl groups is 1. The molecular weight excluding hydrogens is 390 g/mol. The van der Waals surface area contributed by atoms with E-state index in [0.717, 1.165) is 12.8 Å². The molecule has 2 atom stereocenters. The number of carbonyl (C=O) groups is 2. The van der Waals surface area contributed by atoms with Crippen molar-refractivity contribution < 1.29 is 33.3 Å². The predicted molar refractivity (Wildman–Crippen MR) is 106 cm³/mol. The third kappa shape index (κ3) is 3.43. The lowest BCUT2D eigenvalue weighted by atomic mass is 9.94. The summed E-state index contributed by atoms with van der Waals surface area (Å²) in [7, 11) is 3.03. The Kier molecular flexibility index (Phi) is 5.50. The van der Waals surface area contributed by atoms with Crippen LogP contribution >= 0.6 is 0 Å². The molecule has 1 amide bonds. The number of ether oxygens (including phenoxy) is 3. The lowest BCUT2D eigenvalue weighted by Crippen LogP contribution is -2.37. The van der Waals surface area contributed by atoms with Gasteiger partial charge in [-0.3, -0.25) is 9.59 Å². The van der Waals surface area contributed by atoms with Gasteiger partial charge < -0.3 is 28.6 Å². The molecule has 3 heterocycles. The smallest absolute Gasteiger partial charge is 0.290 e. The minimum Gasteiger partial charge on any atom is -0.503 e. The maximum atomic E-state index is 13.2. The Morgan fingerprint density at radius 2 is 2.10 bits per heavy atom. The Balaban J connectivity index is 1.81. The van der Waals surface area contributed by atoms with Crippen molar-refractivity contribution in [1.29, 1.82) is 0 Å². The monoisotopic (exact) mass is 413 g/mol. The number of nitrogens with zero attached hydrogens (tertiary/aromatic N) is 1. The zero-order valence-corrected chi connectivity index (χ0v) is 16.8. The molecule has 8 heteroatoms. The van der Waals surface area contributed by atoms with Crippen LogP contribution in [0.2, 0.25) is 0 Å². The Labute approximate surface area is 173 Å². The minimum absolute atomic E-state index is 0.0424. The number of hydrogen-bond donors (Lipinski definition) is 1. The molecule has 158 valence electrons. The fourth-order valence-electron chi connectivity index (χ4n) is 3.99. The van der Waals surface area contributed by atoms with Crippen LogP contribution in [0.5, 0.6) is 11.5 Å². The van der Waals surface area contributed by atoms with Crippen LogP contribution < -0.4 is 9.47 Å². The van der Waals surface area contributed by atoms with Gasteiger partial charge in [0.2, 0.25) is 5.78 Å². The van der Waals surface area contributed by atoms with Gasteiger partial charge in [-0.1, -0.05) is 0 Å². The summed E-state index contributed by atoms with van der Waals surface area (Å²) in [5.74, 6) is -0.716. The van der Waals surface area contributed by atoms with Crippen LogP contribution in [0.25, 0.3) is 0 Å². The van der Waals surface area contributed by atoms with Gasteiger partial charge in [0.25, 0.3) is 5.91 Å². The molecular formula is C22H23NO7. The van der Waals surface area contributed by atoms with Crippen molar-refractivity contribution in [2.75, 3.05) is 27.4 Å². The van der Waals surface area contributed by atoms with Crippen molar-refractivity contribution in [2.45, 2.75) is 25.0 Å². The van der Waals surface area contributed by atoms with Crippen LogP contribution in [0.15, 0.2) is 52.3 Å². The summed E-state index contributed by atoms with van der Waals surface area (Å²) in [6, 6.07) is 7.35. The summed E-state index contributed by atoms with van der Waals surface area (Å²) in [6.07, 6.45) is 2.92. The van der Waals surface area contributed by atoms with Crippen LogP contribution in [-0.4, -0.2) is 55.2 Å². The van der Waals surface area contributed by atoms with E-state index in [2.05, 4.69) is 0 Å². The summed E-state index contributed by atoms with van der Waals surface area (Å²) in [6.45, 7) is 0.874. The maximum absolute atomic E-state index is 13.2. The quantitative estimate of drug-likeness (QED) is 0.697. The third-order valence-corrected chi connectivity index (χ3v) is 5.45. The topological polar surface area (TPSA) is 98.4 Å². The molecule has 1 aromatic heterocycles. The van der Waals surface area contributed by atoms with E-state index in [1.54, 1.807) is 24.3 Å². The van der Waals surface area contributed by atoms with E-state index in [1.165, 1.54) is 31.4 Å². The van der Waals surface area contributed by atoms with E-state index in [9.17, 15) is 14.7 Å². The van der Waals surface area contributed by atoms with Crippen LogP contribution in [0.3, 0.4) is 0 Å². The number of rotatable bonds is 7. The van der Waals surface area contributed by atoms with Gasteiger partial charge in [0.05, 0.1) is 38.2 Å². The number of ketones is 1. The number of Topliss-reactive ketones (excluding diaryl/α,β-unsaturated/α-hetero) is 1. The highest BCUT2D eigenvalue weighted by Gasteiger charge is 2.46. The second-order valence-electron chi connectivity index (χ2n) is 7.17. The summed E-state index contributed by atoms with van der Waals surface area (Å²) < 4.78 is 21.7. The molecule has 0 radical (unpaired) electrons. The minimum atomic E-state index is -0.847. The van der Waals surface area contributed by atoms with Gasteiger partial charge in [-0.2, -0.15) is 0 Å². The normalized spacial score (nSPS) is 21.4. The van der Waals surface area contributed by atoms with Gasteiger partial charge in [-0.15, -0.1) is 0 Å². The van der Waals surface area contributed by atoms with Gasteiger partial charge >= 0.3 is 0 Å². The molecule has 0 spiro atoms. The molecule has 0 unspecified atom stereocenters. The highest BCUT2D eigenvalue weighted by atomic mass is 16.5. The molecule has 30 heavy (non-hydrogen) atoms. The Bertz CT molecular complexity index is 973. The SMILES string of the molecule is COc1ccc([C@H]2C(C(=O)c3ccco3)=C(O)C(=O)N2C[C@@H]2CCCO2)c(OC)c1. The largest absolute Gasteiger partial charge is 0.503 e. The summed E-state index contributed by atoms with van der Waals surface area (Å²) >= 11 is 0. The molecule has 2 aliphatic heterocycles. The third-order valence-electron chi connectivity index (χ3n) is 5.45. The van der Waals surface area contributed by atoms with E-state index in [1.807, 2.05) is 0 Å². The second-order valence-corrected chi connectivity index (χ2v) is 7.17. The molecule has 1 N–H and O–H groups in total. The number of amides is 1. The molecule has 4 rings (SSSR count). The molecule has 0 saturated carbocycles. The number of benzene rings is 1. The zero-order chi connectivity index (χ0) is 21.3. The van der Waals surface area contributed by atoms with E-state index < -0.39 is 23.5 Å². The van der Waals surface area contributed by atoms with Crippen molar-refractivity contribution in [3.05, 3.63) is 59.3 Å². The summed E-state index contributed by atoms with van der Waals surface area (Å²) in [5, 5.41) is 10.7. The Morgan fingerprint density at radius 3 is 2.73 bits per heavy atom. The predicted octanol–water partition coefficient (Wildman–Crippen LogP) is 3.05. The van der Waals surface area contributed by atoms with Crippen molar-refractivity contribution in [3.63, 3.8) is 0 Å². The van der Waals surface area contributed by atoms with E-state index in [-0.39, 0.29) is 24.0 Å². The fourth-order valence-corrected chi connectivity index (χ4v) is 3.99. The number of aliphatic hydroxyl groups excluding tert-OH is 1. The molecule has 2 aliphatic rings. The maximum Gasteiger partial charge on any atom is 0.290 e. The molecule has 1 aromatic carbocycles. The fraction of sp³-hybridized carbons (Fsp3) is 0.364. The molecule has 8 nitrogen and oxygen atoms in total. The molecule has 2 aromatic rings. The van der Waals surface area contributed by atoms with Crippen molar-refractivity contribution in [3.8, 4) is 11.5 Å². The van der Waals surface area contributed by atoms with Gasteiger partial charge in [-0.25, -0.2) is 0 Å². The van der Waals surface area contributed by atoms with Crippen molar-refractivity contribution in [2.24, 2.45) is 0 Å². The molecule has 0 aliphatic carbocycles. The molecule has 1 saturated heterocycles. The standard InChI is InChI=1S/C22H23NO7/c1-27-13-7-8-15(17(11-13)28-2)19-18(20(24)16-6-4-10-30-16)21(25)22(26)23(19)12-14-5-3-9-29-14/h4,6-8,10-11,14,19,25H,3,5,9,12H2,1-2H3/t14-,19-/m0/s1. The second kappa shape index (κ2) is 8.23. The zero-order valence-electron chi connectivity index (χ0n) is 16.8. The molecule has 0 bridgehead atoms. The number of hydrogen-bond acceptors (Lipinski definition) is 7. The summed E-state index contributed by atoms with van der Waals surface area (Å²) in [5.41, 5.74) is 0.514. The lowest BCUT2D eigenvalue weighted by molar-refractivity contribution is -0.131. The van der Waals surface area contributed by atoms with E-state index in [0.29, 0.717) is 23.7 Å². The molecule has 1 fully saturated rings. The van der Waals surface area contributed by atoms with Crippen LogP contribution in [0.4, 0.5) is 0 Å². The van der Waals surface area contributed by atoms with Crippen LogP contribution in [0, 0.1) is 0 Å². The van der Waals surface area contributed by atoms with Gasteiger partial charge in [-0.05, 0) is 37.1 Å². The van der Waals surface area contributed by atoms with Gasteiger partial charge in [0, 0.05) is 24.8 Å². The first-order chi connectivity index (χ1) is 14.5. The first-order valence-corrected chi connectivity index (χ1v) is 9.71. The van der Waals surface area contributed by atoms with E-state index >= 15 is 0 Å². The number of carbonyl (C=O) groups excluding carboxylic acids is 2. The first-order valence-electron chi connectivity index (χ1n) is 9.71. The van der Waals surface area contributed by atoms with Gasteiger partial charge in [0.15, 0.2) is 11.5 Å². The van der Waals surface area contributed by atoms with E-state index in [4.69, 9.17) is 18.6 Å². The highest BCUT2D eigenvalue weighted by Crippen LogP contribution is 2.43. The first kappa shape index (κ1) is 20.0. The van der Waals surface area contributed by atoms with Crippen LogP contribution in [-0.2, 0) is 9.53 Å². The Hall–Kier alpha value is -3.26.